The Morgan fingerprint density at radius 2 is 2.00 bits per heavy atom. The highest BCUT2D eigenvalue weighted by molar-refractivity contribution is 4.57. The number of methoxy groups -OCH3 is 1. The zero-order valence-electron chi connectivity index (χ0n) is 4.77. The Morgan fingerprint density at radius 3 is 2.00 bits per heavy atom. The van der Waals surface area contributed by atoms with Crippen molar-refractivity contribution in [2.45, 2.75) is 19.2 Å². The Balaban J connectivity index is 3.36. The number of rotatable bonds is 2. The van der Waals surface area contributed by atoms with Gasteiger partial charge in [0.1, 0.15) is 0 Å². The van der Waals surface area contributed by atoms with E-state index in [1.165, 1.54) is 7.11 Å². The number of nitrogens with two attached hydrogens (primary N) is 2. The molecule has 0 aliphatic carbocycles. The molecule has 0 aliphatic heterocycles. The van der Waals surface area contributed by atoms with Crippen LogP contribution in [0, 0.1) is 0 Å². The minimum absolute atomic E-state index is 0.628. The molecular formula is C4H12N2O. The topological polar surface area (TPSA) is 61.3 Å². The smallest absolute Gasteiger partial charge is 0.168 e. The molecule has 0 spiro atoms. The highest BCUT2D eigenvalue weighted by atomic mass is 16.5. The summed E-state index contributed by atoms with van der Waals surface area (Å²) in [6.45, 7) is 1.86. The van der Waals surface area contributed by atoms with Gasteiger partial charge in [0.2, 0.25) is 0 Å². The van der Waals surface area contributed by atoms with E-state index >= 15 is 0 Å². The maximum absolute atomic E-state index is 5.27. The third-order valence-corrected chi connectivity index (χ3v) is 0.933. The third-order valence-electron chi connectivity index (χ3n) is 0.933. The molecule has 7 heavy (non-hydrogen) atoms. The van der Waals surface area contributed by atoms with Gasteiger partial charge in [-0.3, -0.25) is 11.5 Å². The van der Waals surface area contributed by atoms with Crippen LogP contribution in [0.2, 0.25) is 0 Å². The second-order valence-corrected chi connectivity index (χ2v) is 1.51. The molecule has 3 heteroatoms. The Kier molecular flexibility index (Phi) is 2.22. The van der Waals surface area contributed by atoms with E-state index < -0.39 is 5.85 Å². The van der Waals surface area contributed by atoms with Crippen LogP contribution in [0.5, 0.6) is 0 Å². The quantitative estimate of drug-likeness (QED) is 0.469. The highest BCUT2D eigenvalue weighted by Crippen LogP contribution is 1.94. The zero-order valence-corrected chi connectivity index (χ0v) is 4.77. The van der Waals surface area contributed by atoms with Crippen molar-refractivity contribution in [3.8, 4) is 0 Å². The molecule has 0 radical (unpaired) electrons. The summed E-state index contributed by atoms with van der Waals surface area (Å²) in [5, 5.41) is 0. The molecule has 0 saturated carbocycles. The Labute approximate surface area is 43.6 Å². The van der Waals surface area contributed by atoms with Crippen molar-refractivity contribution in [1.29, 1.82) is 0 Å². The summed E-state index contributed by atoms with van der Waals surface area (Å²) in [6, 6.07) is 0. The van der Waals surface area contributed by atoms with Gasteiger partial charge in [0, 0.05) is 13.5 Å². The van der Waals surface area contributed by atoms with Gasteiger partial charge in [-0.2, -0.15) is 0 Å². The molecule has 3 nitrogen and oxygen atoms in total. The molecule has 0 aromatic rings. The lowest BCUT2D eigenvalue weighted by Gasteiger charge is -2.19. The summed E-state index contributed by atoms with van der Waals surface area (Å²) in [7, 11) is 1.49. The Bertz CT molecular complexity index is 47.7. The van der Waals surface area contributed by atoms with E-state index in [-0.39, 0.29) is 0 Å². The molecule has 0 heterocycles. The average Bonchev–Trinajstić information content (AvgIpc) is 1.68. The molecule has 0 saturated heterocycles. The lowest BCUT2D eigenvalue weighted by molar-refractivity contribution is -0.00256. The van der Waals surface area contributed by atoms with Crippen LogP contribution in [0.15, 0.2) is 0 Å². The van der Waals surface area contributed by atoms with E-state index in [2.05, 4.69) is 4.74 Å². The standard InChI is InChI=1S/C4H12N2O/c1-3-4(5,6)7-2/h3,5-6H2,1-2H3. The predicted molar refractivity (Wildman–Crippen MR) is 28.4 cm³/mol. The molecule has 4 N–H and O–H groups in total. The third kappa shape index (κ3) is 2.56. The molecule has 0 aromatic heterocycles. The first-order chi connectivity index (χ1) is 3.12. The SMILES string of the molecule is CCC(N)(N)OC. The molecule has 0 amide bonds. The Hall–Kier alpha value is -0.120. The number of ether oxygens (including phenoxy) is 1. The van der Waals surface area contributed by atoms with E-state index in [9.17, 15) is 0 Å². The molecule has 44 valence electrons. The number of hydrogen-bond donors (Lipinski definition) is 2. The summed E-state index contributed by atoms with van der Waals surface area (Å²) < 4.78 is 4.64. The molecule has 0 rings (SSSR count). The van der Waals surface area contributed by atoms with Gasteiger partial charge < -0.3 is 4.74 Å². The van der Waals surface area contributed by atoms with Crippen molar-refractivity contribution in [1.82, 2.24) is 0 Å². The molecule has 0 atom stereocenters. The van der Waals surface area contributed by atoms with Gasteiger partial charge >= 0.3 is 0 Å². The first kappa shape index (κ1) is 6.88. The van der Waals surface area contributed by atoms with Crippen molar-refractivity contribution in [2.24, 2.45) is 11.5 Å². The monoisotopic (exact) mass is 104 g/mol. The van der Waals surface area contributed by atoms with Crippen LogP contribution in [0.1, 0.15) is 13.3 Å². The normalized spacial score (nSPS) is 12.0. The second kappa shape index (κ2) is 2.26. The first-order valence-electron chi connectivity index (χ1n) is 2.25. The molecular weight excluding hydrogens is 92.1 g/mol. The molecule has 0 bridgehead atoms. The summed E-state index contributed by atoms with van der Waals surface area (Å²) >= 11 is 0. The van der Waals surface area contributed by atoms with Crippen molar-refractivity contribution >= 4 is 0 Å². The number of hydrogen-bond acceptors (Lipinski definition) is 3. The van der Waals surface area contributed by atoms with Gasteiger partial charge in [0.25, 0.3) is 0 Å². The lowest BCUT2D eigenvalue weighted by atomic mass is 10.3. The van der Waals surface area contributed by atoms with E-state index in [0.717, 1.165) is 0 Å². The summed E-state index contributed by atoms with van der Waals surface area (Å²) in [5.41, 5.74) is 10.5. The van der Waals surface area contributed by atoms with Crippen molar-refractivity contribution in [3.05, 3.63) is 0 Å². The maximum atomic E-state index is 5.27. The Morgan fingerprint density at radius 1 is 1.57 bits per heavy atom. The van der Waals surface area contributed by atoms with Crippen LogP contribution >= 0.6 is 0 Å². The fourth-order valence-corrected chi connectivity index (χ4v) is 0.144. The van der Waals surface area contributed by atoms with Crippen molar-refractivity contribution < 1.29 is 4.74 Å². The van der Waals surface area contributed by atoms with Crippen LogP contribution in [0.4, 0.5) is 0 Å². The fraction of sp³-hybridized carbons (Fsp3) is 1.00. The highest BCUT2D eigenvalue weighted by Gasteiger charge is 2.11. The summed E-state index contributed by atoms with van der Waals surface area (Å²) in [5.74, 6) is -0.917. The molecule has 0 unspecified atom stereocenters. The summed E-state index contributed by atoms with van der Waals surface area (Å²) in [4.78, 5) is 0. The maximum Gasteiger partial charge on any atom is 0.168 e. The fourth-order valence-electron chi connectivity index (χ4n) is 0.144. The minimum Gasteiger partial charge on any atom is -0.351 e. The van der Waals surface area contributed by atoms with E-state index in [1.807, 2.05) is 6.92 Å². The van der Waals surface area contributed by atoms with Gasteiger partial charge in [-0.1, -0.05) is 6.92 Å². The summed E-state index contributed by atoms with van der Waals surface area (Å²) in [6.07, 6.45) is 0.628. The minimum atomic E-state index is -0.917. The molecule has 0 aliphatic rings. The predicted octanol–water partition coefficient (Wildman–Crippen LogP) is -0.386. The lowest BCUT2D eigenvalue weighted by Crippen LogP contribution is -2.50. The van der Waals surface area contributed by atoms with E-state index in [1.54, 1.807) is 0 Å². The largest absolute Gasteiger partial charge is 0.351 e. The zero-order chi connectivity index (χ0) is 5.91. The molecule has 0 fully saturated rings. The van der Waals surface area contributed by atoms with Crippen LogP contribution < -0.4 is 11.5 Å². The van der Waals surface area contributed by atoms with Gasteiger partial charge in [-0.05, 0) is 0 Å². The van der Waals surface area contributed by atoms with Crippen molar-refractivity contribution in [2.75, 3.05) is 7.11 Å². The average molecular weight is 104 g/mol. The van der Waals surface area contributed by atoms with Gasteiger partial charge in [-0.25, -0.2) is 0 Å². The second-order valence-electron chi connectivity index (χ2n) is 1.51. The van der Waals surface area contributed by atoms with E-state index in [0.29, 0.717) is 6.42 Å². The van der Waals surface area contributed by atoms with Crippen LogP contribution in [-0.4, -0.2) is 13.0 Å². The first-order valence-corrected chi connectivity index (χ1v) is 2.25. The van der Waals surface area contributed by atoms with Gasteiger partial charge in [0.05, 0.1) is 0 Å². The van der Waals surface area contributed by atoms with Crippen LogP contribution in [0.25, 0.3) is 0 Å². The molecule has 0 aromatic carbocycles. The van der Waals surface area contributed by atoms with Crippen LogP contribution in [-0.2, 0) is 4.74 Å². The van der Waals surface area contributed by atoms with Gasteiger partial charge in [0.15, 0.2) is 5.85 Å². The van der Waals surface area contributed by atoms with Crippen molar-refractivity contribution in [3.63, 3.8) is 0 Å². The van der Waals surface area contributed by atoms with E-state index in [4.69, 9.17) is 11.5 Å². The van der Waals surface area contributed by atoms with Crippen LogP contribution in [0.3, 0.4) is 0 Å². The van der Waals surface area contributed by atoms with Gasteiger partial charge in [-0.15, -0.1) is 0 Å².